The summed E-state index contributed by atoms with van der Waals surface area (Å²) in [5.74, 6) is -0.410. The van der Waals surface area contributed by atoms with Crippen molar-refractivity contribution >= 4 is 18.6 Å². The lowest BCUT2D eigenvalue weighted by atomic mass is 9.98. The Bertz CT molecular complexity index is 1330. The Morgan fingerprint density at radius 2 is 1.78 bits per heavy atom. The molecule has 0 aliphatic heterocycles. The van der Waals surface area contributed by atoms with Gasteiger partial charge in [0.25, 0.3) is 11.5 Å². The summed E-state index contributed by atoms with van der Waals surface area (Å²) in [6.45, 7) is 1.27. The standard InChI is InChI=1S/C22H20N5O4P/c1-32(30,31)17-10-8-16(9-11-17)19(15-6-3-2-4-7-15)25-20(28)18-14-23-22(26-21(18)29)27-13-5-12-24-27/h2-14,19H,1H3,(H,25,28)(H,30,31)(H,23,26,29)/t19-/m1/s1. The fourth-order valence-corrected chi connectivity index (χ4v) is 3.92. The number of benzene rings is 2. The van der Waals surface area contributed by atoms with E-state index in [0.29, 0.717) is 10.9 Å². The van der Waals surface area contributed by atoms with Crippen molar-refractivity contribution < 1.29 is 14.3 Å². The van der Waals surface area contributed by atoms with E-state index in [1.165, 1.54) is 17.5 Å². The van der Waals surface area contributed by atoms with Gasteiger partial charge in [-0.15, -0.1) is 0 Å². The second-order valence-electron chi connectivity index (χ2n) is 7.19. The molecule has 0 saturated carbocycles. The van der Waals surface area contributed by atoms with E-state index in [1.807, 2.05) is 30.3 Å². The molecular formula is C22H20N5O4P. The Balaban J connectivity index is 1.65. The van der Waals surface area contributed by atoms with E-state index < -0.39 is 24.9 Å². The van der Waals surface area contributed by atoms with Gasteiger partial charge in [-0.3, -0.25) is 19.1 Å². The van der Waals surface area contributed by atoms with Crippen molar-refractivity contribution in [1.29, 1.82) is 0 Å². The fraction of sp³-hybridized carbons (Fsp3) is 0.0909. The third-order valence-electron chi connectivity index (χ3n) is 4.87. The summed E-state index contributed by atoms with van der Waals surface area (Å²) in [7, 11) is -3.40. The molecule has 1 amide bonds. The molecule has 0 fully saturated rings. The number of H-pyrrole nitrogens is 1. The zero-order valence-electron chi connectivity index (χ0n) is 17.0. The topological polar surface area (TPSA) is 130 Å². The van der Waals surface area contributed by atoms with Gasteiger partial charge < -0.3 is 10.2 Å². The molecule has 4 rings (SSSR count). The third kappa shape index (κ3) is 4.59. The molecule has 32 heavy (non-hydrogen) atoms. The van der Waals surface area contributed by atoms with Crippen LogP contribution in [0.2, 0.25) is 0 Å². The molecule has 3 N–H and O–H groups in total. The van der Waals surface area contributed by atoms with Gasteiger partial charge in [0, 0.05) is 30.6 Å². The Labute approximate surface area is 183 Å². The lowest BCUT2D eigenvalue weighted by Gasteiger charge is -2.20. The minimum Gasteiger partial charge on any atom is -0.341 e. The molecule has 0 bridgehead atoms. The highest BCUT2D eigenvalue weighted by Gasteiger charge is 2.21. The first kappa shape index (κ1) is 21.4. The van der Waals surface area contributed by atoms with Crippen LogP contribution in [0.15, 0.2) is 84.0 Å². The van der Waals surface area contributed by atoms with Gasteiger partial charge in [-0.25, -0.2) is 9.67 Å². The lowest BCUT2D eigenvalue weighted by molar-refractivity contribution is 0.0941. The van der Waals surface area contributed by atoms with Crippen molar-refractivity contribution in [3.8, 4) is 5.95 Å². The molecule has 2 aromatic carbocycles. The van der Waals surface area contributed by atoms with E-state index in [2.05, 4.69) is 20.4 Å². The average Bonchev–Trinajstić information content (AvgIpc) is 3.32. The summed E-state index contributed by atoms with van der Waals surface area (Å²) in [5, 5.41) is 7.18. The second kappa shape index (κ2) is 8.74. The summed E-state index contributed by atoms with van der Waals surface area (Å²) >= 11 is 0. The smallest absolute Gasteiger partial charge is 0.265 e. The highest BCUT2D eigenvalue weighted by atomic mass is 31.2. The number of hydrogen-bond acceptors (Lipinski definition) is 5. The quantitative estimate of drug-likeness (QED) is 0.386. The van der Waals surface area contributed by atoms with Gasteiger partial charge in [-0.2, -0.15) is 5.10 Å². The number of carbonyl (C=O) groups is 1. The predicted molar refractivity (Wildman–Crippen MR) is 120 cm³/mol. The Kier molecular flexibility index (Phi) is 5.85. The SMILES string of the molecule is CP(=O)(O)c1ccc([C@H](NC(=O)c2cnc(-n3cccn3)[nH]c2=O)c2ccccc2)cc1. The average molecular weight is 449 g/mol. The van der Waals surface area contributed by atoms with Gasteiger partial charge in [0.05, 0.1) is 6.04 Å². The maximum atomic E-state index is 13.0. The lowest BCUT2D eigenvalue weighted by Crippen LogP contribution is -2.34. The van der Waals surface area contributed by atoms with Gasteiger partial charge >= 0.3 is 0 Å². The van der Waals surface area contributed by atoms with Crippen LogP contribution in [0.5, 0.6) is 0 Å². The highest BCUT2D eigenvalue weighted by Crippen LogP contribution is 2.34. The number of aromatic amines is 1. The maximum absolute atomic E-state index is 13.0. The number of rotatable bonds is 6. The molecular weight excluding hydrogens is 429 g/mol. The summed E-state index contributed by atoms with van der Waals surface area (Å²) in [6.07, 6.45) is 4.37. The van der Waals surface area contributed by atoms with E-state index in [1.54, 1.807) is 42.7 Å². The van der Waals surface area contributed by atoms with Crippen LogP contribution in [0.25, 0.3) is 5.95 Å². The van der Waals surface area contributed by atoms with E-state index in [0.717, 1.165) is 5.56 Å². The van der Waals surface area contributed by atoms with Crippen LogP contribution < -0.4 is 16.2 Å². The molecule has 0 saturated heterocycles. The van der Waals surface area contributed by atoms with Gasteiger partial charge in [0.15, 0.2) is 0 Å². The molecule has 2 atom stereocenters. The molecule has 9 nitrogen and oxygen atoms in total. The molecule has 0 radical (unpaired) electrons. The molecule has 2 heterocycles. The van der Waals surface area contributed by atoms with Crippen molar-refractivity contribution in [2.24, 2.45) is 0 Å². The molecule has 10 heteroatoms. The van der Waals surface area contributed by atoms with E-state index in [-0.39, 0.29) is 11.5 Å². The van der Waals surface area contributed by atoms with Crippen LogP contribution in [-0.4, -0.2) is 37.2 Å². The van der Waals surface area contributed by atoms with Crippen LogP contribution >= 0.6 is 7.37 Å². The third-order valence-corrected chi connectivity index (χ3v) is 6.12. The first-order valence-corrected chi connectivity index (χ1v) is 11.8. The maximum Gasteiger partial charge on any atom is 0.265 e. The van der Waals surface area contributed by atoms with E-state index in [4.69, 9.17) is 0 Å². The summed E-state index contributed by atoms with van der Waals surface area (Å²) < 4.78 is 13.3. The van der Waals surface area contributed by atoms with Crippen LogP contribution in [0, 0.1) is 0 Å². The van der Waals surface area contributed by atoms with Crippen LogP contribution in [-0.2, 0) is 4.57 Å². The molecule has 2 aromatic heterocycles. The number of carbonyl (C=O) groups excluding carboxylic acids is 1. The minimum atomic E-state index is -3.40. The van der Waals surface area contributed by atoms with E-state index in [9.17, 15) is 19.0 Å². The Hall–Kier alpha value is -3.81. The van der Waals surface area contributed by atoms with Gasteiger partial charge in [0.2, 0.25) is 13.3 Å². The number of nitrogens with one attached hydrogen (secondary N) is 2. The van der Waals surface area contributed by atoms with Crippen molar-refractivity contribution in [2.75, 3.05) is 6.66 Å². The van der Waals surface area contributed by atoms with Crippen molar-refractivity contribution in [3.05, 3.63) is 106 Å². The summed E-state index contributed by atoms with van der Waals surface area (Å²) in [6, 6.07) is 16.8. The number of nitrogens with zero attached hydrogens (tertiary/aromatic N) is 3. The Morgan fingerprint density at radius 3 is 2.38 bits per heavy atom. The van der Waals surface area contributed by atoms with Gasteiger partial charge in [-0.05, 0) is 29.3 Å². The number of amides is 1. The second-order valence-corrected chi connectivity index (χ2v) is 9.46. The molecule has 0 aliphatic rings. The van der Waals surface area contributed by atoms with Crippen LogP contribution in [0.3, 0.4) is 0 Å². The summed E-state index contributed by atoms with van der Waals surface area (Å²) in [5.41, 5.74) is 0.735. The zero-order chi connectivity index (χ0) is 22.7. The molecule has 1 unspecified atom stereocenters. The zero-order valence-corrected chi connectivity index (χ0v) is 17.9. The van der Waals surface area contributed by atoms with E-state index >= 15 is 0 Å². The van der Waals surface area contributed by atoms with Crippen LogP contribution in [0.1, 0.15) is 27.5 Å². The molecule has 4 aromatic rings. The minimum absolute atomic E-state index is 0.146. The molecule has 0 aliphatic carbocycles. The molecule has 162 valence electrons. The van der Waals surface area contributed by atoms with Crippen molar-refractivity contribution in [3.63, 3.8) is 0 Å². The predicted octanol–water partition coefficient (Wildman–Crippen LogP) is 2.00. The largest absolute Gasteiger partial charge is 0.341 e. The number of hydrogen-bond donors (Lipinski definition) is 3. The van der Waals surface area contributed by atoms with Crippen molar-refractivity contribution in [1.82, 2.24) is 25.1 Å². The van der Waals surface area contributed by atoms with Crippen LogP contribution in [0.4, 0.5) is 0 Å². The fourth-order valence-electron chi connectivity index (χ4n) is 3.21. The first-order chi connectivity index (χ1) is 15.3. The Morgan fingerprint density at radius 1 is 1.09 bits per heavy atom. The van der Waals surface area contributed by atoms with Gasteiger partial charge in [0.1, 0.15) is 5.56 Å². The number of aromatic nitrogens is 4. The highest BCUT2D eigenvalue weighted by molar-refractivity contribution is 7.65. The van der Waals surface area contributed by atoms with Gasteiger partial charge in [-0.1, -0.05) is 42.5 Å². The normalized spacial score (nSPS) is 13.8. The molecule has 0 spiro atoms. The van der Waals surface area contributed by atoms with Crippen molar-refractivity contribution in [2.45, 2.75) is 6.04 Å². The first-order valence-electron chi connectivity index (χ1n) is 9.69. The monoisotopic (exact) mass is 449 g/mol. The summed E-state index contributed by atoms with van der Waals surface area (Å²) in [4.78, 5) is 42.0.